The molecule has 1 unspecified atom stereocenters. The molecule has 3 aromatic rings. The van der Waals surface area contributed by atoms with Gasteiger partial charge in [0.05, 0.1) is 12.8 Å². The molecule has 0 bridgehead atoms. The fraction of sp³-hybridized carbons (Fsp3) is 0.474. The van der Waals surface area contributed by atoms with E-state index in [1.165, 1.54) is 11.3 Å². The lowest BCUT2D eigenvalue weighted by Gasteiger charge is -2.24. The second-order valence-electron chi connectivity index (χ2n) is 8.05. The van der Waals surface area contributed by atoms with E-state index in [-0.39, 0.29) is 11.7 Å². The molecule has 0 aliphatic carbocycles. The van der Waals surface area contributed by atoms with Crippen LogP contribution in [0.5, 0.6) is 0 Å². The van der Waals surface area contributed by atoms with E-state index in [9.17, 15) is 4.79 Å². The second kappa shape index (κ2) is 7.35. The van der Waals surface area contributed by atoms with Crippen molar-refractivity contribution in [3.63, 3.8) is 0 Å². The Morgan fingerprint density at radius 1 is 1.41 bits per heavy atom. The Labute approximate surface area is 162 Å². The van der Waals surface area contributed by atoms with Gasteiger partial charge in [-0.3, -0.25) is 0 Å². The number of ether oxygens (including phenoxy) is 2. The third-order valence-corrected chi connectivity index (χ3v) is 7.31. The van der Waals surface area contributed by atoms with Gasteiger partial charge in [-0.25, -0.2) is 9.48 Å². The van der Waals surface area contributed by atoms with Gasteiger partial charge in [0.25, 0.3) is 0 Å². The van der Waals surface area contributed by atoms with Crippen molar-refractivity contribution in [1.29, 1.82) is 0 Å². The van der Waals surface area contributed by atoms with Gasteiger partial charge in [-0.2, -0.15) is 5.10 Å². The van der Waals surface area contributed by atoms with Gasteiger partial charge in [0.15, 0.2) is 0 Å². The maximum atomic E-state index is 12.1. The molecule has 0 saturated heterocycles. The first-order chi connectivity index (χ1) is 12.9. The molecule has 0 amide bonds. The molecule has 1 atom stereocenters. The average molecular weight is 405 g/mol. The first-order valence-electron chi connectivity index (χ1n) is 9.17. The predicted molar refractivity (Wildman–Crippen MR) is 108 cm³/mol. The van der Waals surface area contributed by atoms with E-state index >= 15 is 0 Å². The molecule has 0 spiro atoms. The fourth-order valence-corrected chi connectivity index (χ4v) is 4.79. The molecule has 0 fully saturated rings. The molecule has 0 N–H and O–H groups in total. The normalized spacial score (nSPS) is 17.4. The maximum Gasteiger partial charge on any atom is 0.354 e. The van der Waals surface area contributed by atoms with E-state index in [0.717, 1.165) is 34.9 Å². The number of thiophene rings is 1. The van der Waals surface area contributed by atoms with Crippen LogP contribution in [-0.4, -0.2) is 31.1 Å². The van der Waals surface area contributed by atoms with E-state index in [2.05, 4.69) is 24.7 Å². The van der Waals surface area contributed by atoms with E-state index < -0.39 is 8.07 Å². The van der Waals surface area contributed by atoms with E-state index in [1.54, 1.807) is 4.68 Å². The Kier molecular flexibility index (Phi) is 5.07. The molecule has 6 nitrogen and oxygen atoms in total. The molecule has 4 heterocycles. The number of nitrogens with zero attached hydrogens (tertiary/aromatic N) is 2. The third kappa shape index (κ3) is 3.94. The minimum atomic E-state index is -1.09. The monoisotopic (exact) mass is 404 g/mol. The lowest BCUT2D eigenvalue weighted by atomic mass is 9.97. The molecule has 0 aromatic carbocycles. The highest BCUT2D eigenvalue weighted by molar-refractivity contribution is 7.17. The molecule has 8 heteroatoms. The standard InChI is InChI=1S/C19H24N2O4SSi/c1-27(2,3)9-7-23-12-21-11-13(10-20-21)17-16-14-5-8-26-18(14)19(22)25-15(16)4-6-24-17/h5,8,10-11,17H,4,6-7,9,12H2,1-3H3. The topological polar surface area (TPSA) is 66.5 Å². The first kappa shape index (κ1) is 18.6. The van der Waals surface area contributed by atoms with Crippen molar-refractivity contribution in [1.82, 2.24) is 9.78 Å². The molecular formula is C19H24N2O4SSi. The van der Waals surface area contributed by atoms with Crippen LogP contribution in [0.1, 0.15) is 23.0 Å². The van der Waals surface area contributed by atoms with Crippen LogP contribution in [0.2, 0.25) is 25.7 Å². The van der Waals surface area contributed by atoms with Gasteiger partial charge in [-0.15, -0.1) is 11.3 Å². The summed E-state index contributed by atoms with van der Waals surface area (Å²) in [6.07, 6.45) is 4.11. The Morgan fingerprint density at radius 2 is 2.26 bits per heavy atom. The lowest BCUT2D eigenvalue weighted by Crippen LogP contribution is -2.22. The summed E-state index contributed by atoms with van der Waals surface area (Å²) < 4.78 is 19.8. The number of fused-ring (bicyclic) bond motifs is 3. The number of hydrogen-bond acceptors (Lipinski definition) is 6. The number of aromatic nitrogens is 2. The molecule has 144 valence electrons. The maximum absolute atomic E-state index is 12.1. The minimum absolute atomic E-state index is 0.258. The molecule has 27 heavy (non-hydrogen) atoms. The van der Waals surface area contributed by atoms with Gasteiger partial charge in [0.2, 0.25) is 0 Å². The van der Waals surface area contributed by atoms with Gasteiger partial charge in [0.1, 0.15) is 23.3 Å². The Morgan fingerprint density at radius 3 is 3.07 bits per heavy atom. The lowest BCUT2D eigenvalue weighted by molar-refractivity contribution is 0.0616. The number of rotatable bonds is 6. The highest BCUT2D eigenvalue weighted by atomic mass is 32.1. The van der Waals surface area contributed by atoms with E-state index in [1.807, 2.05) is 23.8 Å². The Hall–Kier alpha value is -1.74. The molecule has 1 aliphatic heterocycles. The minimum Gasteiger partial charge on any atom is -0.426 e. The van der Waals surface area contributed by atoms with Crippen molar-refractivity contribution in [3.8, 4) is 0 Å². The average Bonchev–Trinajstić information content (AvgIpc) is 3.27. The van der Waals surface area contributed by atoms with Crippen LogP contribution in [0.3, 0.4) is 0 Å². The van der Waals surface area contributed by atoms with Crippen LogP contribution in [0.4, 0.5) is 0 Å². The van der Waals surface area contributed by atoms with Crippen LogP contribution in [-0.2, 0) is 22.6 Å². The highest BCUT2D eigenvalue weighted by Crippen LogP contribution is 2.37. The van der Waals surface area contributed by atoms with Gasteiger partial charge in [-0.1, -0.05) is 19.6 Å². The van der Waals surface area contributed by atoms with Crippen LogP contribution in [0.15, 0.2) is 33.1 Å². The summed E-state index contributed by atoms with van der Waals surface area (Å²) >= 11 is 1.41. The third-order valence-electron chi connectivity index (χ3n) is 4.71. The molecule has 0 radical (unpaired) electrons. The summed E-state index contributed by atoms with van der Waals surface area (Å²) in [7, 11) is -1.09. The summed E-state index contributed by atoms with van der Waals surface area (Å²) in [6.45, 7) is 8.72. The van der Waals surface area contributed by atoms with E-state index in [0.29, 0.717) is 24.5 Å². The fourth-order valence-electron chi connectivity index (χ4n) is 3.25. The molecule has 3 aromatic heterocycles. The zero-order valence-corrected chi connectivity index (χ0v) is 17.7. The zero-order chi connectivity index (χ0) is 19.0. The first-order valence-corrected chi connectivity index (χ1v) is 13.8. The Balaban J connectivity index is 1.55. The van der Waals surface area contributed by atoms with Crippen molar-refractivity contribution < 1.29 is 13.9 Å². The van der Waals surface area contributed by atoms with Crippen molar-refractivity contribution in [2.75, 3.05) is 13.2 Å². The van der Waals surface area contributed by atoms with Crippen LogP contribution >= 0.6 is 11.3 Å². The quantitative estimate of drug-likeness (QED) is 0.458. The summed E-state index contributed by atoms with van der Waals surface area (Å²) in [5.41, 5.74) is 1.65. The Bertz CT molecular complexity index is 1000. The van der Waals surface area contributed by atoms with Crippen molar-refractivity contribution >= 4 is 29.5 Å². The van der Waals surface area contributed by atoms with Crippen molar-refractivity contribution in [2.45, 2.75) is 44.9 Å². The van der Waals surface area contributed by atoms with Gasteiger partial charge in [0, 0.05) is 43.8 Å². The van der Waals surface area contributed by atoms with E-state index in [4.69, 9.17) is 13.9 Å². The largest absolute Gasteiger partial charge is 0.426 e. The van der Waals surface area contributed by atoms with Crippen molar-refractivity contribution in [2.24, 2.45) is 0 Å². The van der Waals surface area contributed by atoms with Crippen LogP contribution < -0.4 is 5.63 Å². The summed E-state index contributed by atoms with van der Waals surface area (Å²) in [5, 5.41) is 7.26. The highest BCUT2D eigenvalue weighted by Gasteiger charge is 2.29. The van der Waals surface area contributed by atoms with Crippen molar-refractivity contribution in [3.05, 3.63) is 51.1 Å². The number of hydrogen-bond donors (Lipinski definition) is 0. The van der Waals surface area contributed by atoms with Gasteiger partial charge >= 0.3 is 5.63 Å². The molecular weight excluding hydrogens is 380 g/mol. The predicted octanol–water partition coefficient (Wildman–Crippen LogP) is 4.03. The second-order valence-corrected chi connectivity index (χ2v) is 14.6. The molecule has 0 saturated carbocycles. The summed E-state index contributed by atoms with van der Waals surface area (Å²) in [5.74, 6) is 0.723. The van der Waals surface area contributed by atoms with Crippen LogP contribution in [0, 0.1) is 0 Å². The summed E-state index contributed by atoms with van der Waals surface area (Å²) in [4.78, 5) is 12.1. The van der Waals surface area contributed by atoms with Crippen LogP contribution in [0.25, 0.3) is 10.1 Å². The smallest absolute Gasteiger partial charge is 0.354 e. The SMILES string of the molecule is C[Si](C)(C)CCOCn1cc(C2OCCc3oc(=O)c4sccc4c32)cn1. The molecule has 4 rings (SSSR count). The van der Waals surface area contributed by atoms with Gasteiger partial charge in [-0.05, 0) is 17.5 Å². The zero-order valence-electron chi connectivity index (χ0n) is 15.9. The molecule has 1 aliphatic rings. The van der Waals surface area contributed by atoms with Gasteiger partial charge < -0.3 is 13.9 Å². The summed E-state index contributed by atoms with van der Waals surface area (Å²) in [6, 6.07) is 3.11.